The molecule has 0 fully saturated rings. The zero-order valence-electron chi connectivity index (χ0n) is 8.41. The van der Waals surface area contributed by atoms with Gasteiger partial charge in [-0.25, -0.2) is 9.11 Å². The molecule has 0 aliphatic heterocycles. The van der Waals surface area contributed by atoms with Crippen LogP contribution in [0.5, 0.6) is 0 Å². The molecule has 1 aromatic rings. The minimum absolute atomic E-state index is 0.0816. The van der Waals surface area contributed by atoms with E-state index in [1.165, 1.54) is 19.2 Å². The summed E-state index contributed by atoms with van der Waals surface area (Å²) in [5.41, 5.74) is 4.81. The second kappa shape index (κ2) is 4.45. The van der Waals surface area contributed by atoms with Gasteiger partial charge in [0.05, 0.1) is 11.3 Å². The normalized spacial score (nSPS) is 11.1. The van der Waals surface area contributed by atoms with Gasteiger partial charge >= 0.3 is 0 Å². The van der Waals surface area contributed by atoms with E-state index in [0.717, 1.165) is 6.07 Å². The number of anilines is 1. The lowest BCUT2D eigenvalue weighted by molar-refractivity contribution is 0.593. The van der Waals surface area contributed by atoms with Gasteiger partial charge in [-0.15, -0.1) is 0 Å². The van der Waals surface area contributed by atoms with Gasteiger partial charge in [-0.2, -0.15) is 8.42 Å². The monoisotopic (exact) mass is 246 g/mol. The van der Waals surface area contributed by atoms with Crippen molar-refractivity contribution < 1.29 is 12.8 Å². The van der Waals surface area contributed by atoms with Gasteiger partial charge in [-0.3, -0.25) is 10.1 Å². The minimum atomic E-state index is -3.76. The van der Waals surface area contributed by atoms with Crippen LogP contribution in [-0.4, -0.2) is 21.3 Å². The fourth-order valence-corrected chi connectivity index (χ4v) is 1.64. The number of nitrogens with two attached hydrogens (primary N) is 1. The fraction of sp³-hybridized carbons (Fsp3) is 0.125. The Morgan fingerprint density at radius 1 is 1.50 bits per heavy atom. The molecule has 0 aliphatic rings. The van der Waals surface area contributed by atoms with E-state index in [1.54, 1.807) is 0 Å². The number of benzene rings is 1. The molecule has 0 saturated heterocycles. The lowest BCUT2D eigenvalue weighted by Crippen LogP contribution is -2.28. The topological polar surface area (TPSA) is 108 Å². The van der Waals surface area contributed by atoms with Crippen molar-refractivity contribution in [2.45, 2.75) is 0 Å². The first kappa shape index (κ1) is 12.4. The van der Waals surface area contributed by atoms with Crippen LogP contribution >= 0.6 is 0 Å². The van der Waals surface area contributed by atoms with Crippen molar-refractivity contribution >= 4 is 21.7 Å². The lowest BCUT2D eigenvalue weighted by Gasteiger charge is -2.11. The smallest absolute Gasteiger partial charge is 0.298 e. The van der Waals surface area contributed by atoms with Gasteiger partial charge in [-0.05, 0) is 12.1 Å². The number of halogens is 1. The summed E-state index contributed by atoms with van der Waals surface area (Å²) in [7, 11) is -2.56. The van der Waals surface area contributed by atoms with Crippen molar-refractivity contribution in [3.05, 3.63) is 29.6 Å². The van der Waals surface area contributed by atoms with Gasteiger partial charge in [-0.1, -0.05) is 6.07 Å². The summed E-state index contributed by atoms with van der Waals surface area (Å²) in [6.45, 7) is 0. The maximum Gasteiger partial charge on any atom is 0.298 e. The van der Waals surface area contributed by atoms with Crippen molar-refractivity contribution in [3.63, 3.8) is 0 Å². The summed E-state index contributed by atoms with van der Waals surface area (Å²) in [6, 6.07) is 3.72. The van der Waals surface area contributed by atoms with E-state index >= 15 is 0 Å². The van der Waals surface area contributed by atoms with Gasteiger partial charge < -0.3 is 5.73 Å². The summed E-state index contributed by atoms with van der Waals surface area (Å²) in [6.07, 6.45) is 0. The van der Waals surface area contributed by atoms with Crippen LogP contribution in [0.2, 0.25) is 0 Å². The maximum absolute atomic E-state index is 13.3. The highest BCUT2D eigenvalue weighted by Gasteiger charge is 2.15. The Bertz CT molecular complexity index is 515. The van der Waals surface area contributed by atoms with Crippen molar-refractivity contribution in [2.24, 2.45) is 5.73 Å². The third-order valence-electron chi connectivity index (χ3n) is 1.80. The van der Waals surface area contributed by atoms with Crippen LogP contribution < -0.4 is 15.2 Å². The Labute approximate surface area is 92.3 Å². The van der Waals surface area contributed by atoms with Crippen LogP contribution in [0.1, 0.15) is 5.56 Å². The van der Waals surface area contributed by atoms with E-state index in [0.29, 0.717) is 0 Å². The lowest BCUT2D eigenvalue weighted by atomic mass is 10.1. The molecular weight excluding hydrogens is 235 g/mol. The molecule has 8 heteroatoms. The van der Waals surface area contributed by atoms with E-state index in [-0.39, 0.29) is 11.3 Å². The summed E-state index contributed by atoms with van der Waals surface area (Å²) < 4.78 is 39.8. The van der Waals surface area contributed by atoms with Crippen molar-refractivity contribution in [3.8, 4) is 0 Å². The largest absolute Gasteiger partial charge is 0.384 e. The number of nitrogens with one attached hydrogen (secondary N) is 3. The molecule has 88 valence electrons. The Morgan fingerprint density at radius 2 is 2.12 bits per heavy atom. The van der Waals surface area contributed by atoms with Gasteiger partial charge in [0.25, 0.3) is 10.2 Å². The Morgan fingerprint density at radius 3 is 2.62 bits per heavy atom. The van der Waals surface area contributed by atoms with Crippen molar-refractivity contribution in [1.82, 2.24) is 4.72 Å². The SMILES string of the molecule is CNS(=O)(=O)Nc1cccc(F)c1C(=N)N. The molecule has 5 N–H and O–H groups in total. The maximum atomic E-state index is 13.3. The number of hydrogen-bond donors (Lipinski definition) is 4. The number of amidine groups is 1. The summed E-state index contributed by atoms with van der Waals surface area (Å²) >= 11 is 0. The first-order valence-corrected chi connectivity index (χ1v) is 5.70. The van der Waals surface area contributed by atoms with Gasteiger partial charge in [0.15, 0.2) is 0 Å². The number of rotatable bonds is 4. The second-order valence-corrected chi connectivity index (χ2v) is 4.50. The molecule has 0 aliphatic carbocycles. The zero-order valence-corrected chi connectivity index (χ0v) is 9.23. The summed E-state index contributed by atoms with van der Waals surface area (Å²) in [5, 5.41) is 7.16. The first-order valence-electron chi connectivity index (χ1n) is 4.21. The molecule has 0 spiro atoms. The Kier molecular flexibility index (Phi) is 3.45. The predicted octanol–water partition coefficient (Wildman–Crippen LogP) is -0.0141. The van der Waals surface area contributed by atoms with E-state index < -0.39 is 21.9 Å². The van der Waals surface area contributed by atoms with E-state index in [1.807, 2.05) is 4.72 Å². The molecule has 0 aromatic heterocycles. The molecule has 0 atom stereocenters. The molecule has 6 nitrogen and oxygen atoms in total. The minimum Gasteiger partial charge on any atom is -0.384 e. The third kappa shape index (κ3) is 2.67. The molecule has 0 unspecified atom stereocenters. The van der Waals surface area contributed by atoms with Crippen LogP contribution in [0.3, 0.4) is 0 Å². The van der Waals surface area contributed by atoms with E-state index in [2.05, 4.69) is 4.72 Å². The Balaban J connectivity index is 3.25. The van der Waals surface area contributed by atoms with Gasteiger partial charge in [0, 0.05) is 7.05 Å². The number of nitrogen functional groups attached to an aromatic ring is 1. The van der Waals surface area contributed by atoms with Gasteiger partial charge in [0.2, 0.25) is 0 Å². The zero-order chi connectivity index (χ0) is 12.3. The first-order chi connectivity index (χ1) is 7.37. The van der Waals surface area contributed by atoms with Crippen LogP contribution in [0, 0.1) is 11.2 Å². The molecule has 0 bridgehead atoms. The molecule has 16 heavy (non-hydrogen) atoms. The van der Waals surface area contributed by atoms with Crippen LogP contribution in [0.25, 0.3) is 0 Å². The average Bonchev–Trinajstić information content (AvgIpc) is 2.16. The molecule has 0 amide bonds. The summed E-state index contributed by atoms with van der Waals surface area (Å²) in [4.78, 5) is 0. The van der Waals surface area contributed by atoms with Crippen molar-refractivity contribution in [2.75, 3.05) is 11.8 Å². The summed E-state index contributed by atoms with van der Waals surface area (Å²) in [5.74, 6) is -1.31. The predicted molar refractivity (Wildman–Crippen MR) is 59.0 cm³/mol. The fourth-order valence-electron chi connectivity index (χ4n) is 1.08. The van der Waals surface area contributed by atoms with Crippen molar-refractivity contribution in [1.29, 1.82) is 5.41 Å². The highest BCUT2D eigenvalue weighted by Crippen LogP contribution is 2.18. The van der Waals surface area contributed by atoms with Crippen LogP contribution in [0.15, 0.2) is 18.2 Å². The Hall–Kier alpha value is -1.67. The number of hydrogen-bond acceptors (Lipinski definition) is 3. The molecule has 0 saturated carbocycles. The highest BCUT2D eigenvalue weighted by atomic mass is 32.2. The second-order valence-electron chi connectivity index (χ2n) is 2.89. The molecule has 0 heterocycles. The molecular formula is C8H11FN4O2S. The average molecular weight is 246 g/mol. The van der Waals surface area contributed by atoms with Crippen LogP contribution in [-0.2, 0) is 10.2 Å². The third-order valence-corrected chi connectivity index (χ3v) is 2.82. The van der Waals surface area contributed by atoms with Gasteiger partial charge in [0.1, 0.15) is 11.7 Å². The molecule has 1 rings (SSSR count). The molecule has 1 aromatic carbocycles. The quantitative estimate of drug-likeness (QED) is 0.443. The van der Waals surface area contributed by atoms with E-state index in [4.69, 9.17) is 11.1 Å². The standard InChI is InChI=1S/C8H11FN4O2S/c1-12-16(14,15)13-6-4-2-3-5(9)7(6)8(10)11/h2-4,12-13H,1H3,(H3,10,11). The highest BCUT2D eigenvalue weighted by molar-refractivity contribution is 7.90. The molecule has 0 radical (unpaired) electrons. The van der Waals surface area contributed by atoms with Crippen LogP contribution in [0.4, 0.5) is 10.1 Å². The van der Waals surface area contributed by atoms with E-state index in [9.17, 15) is 12.8 Å².